The van der Waals surface area contributed by atoms with E-state index in [0.29, 0.717) is 6.42 Å². The zero-order valence-electron chi connectivity index (χ0n) is 10.8. The third-order valence-electron chi connectivity index (χ3n) is 2.55. The van der Waals surface area contributed by atoms with Gasteiger partial charge in [-0.1, -0.05) is 30.7 Å². The largest absolute Gasteiger partial charge is 0.478 e. The van der Waals surface area contributed by atoms with E-state index in [1.54, 1.807) is 19.1 Å². The standard InChI is InChI=1S/C13H17NO4S/c1-3-11(6-9-13(15)16)14-19(17,18)12-7-4-10(2)5-8-12/h4-9,11,14H,3H2,1-2H3,(H,15,16)/b9-6+. The van der Waals surface area contributed by atoms with Crippen LogP contribution in [-0.2, 0) is 14.8 Å². The average molecular weight is 283 g/mol. The molecule has 0 radical (unpaired) electrons. The third-order valence-corrected chi connectivity index (χ3v) is 4.05. The summed E-state index contributed by atoms with van der Waals surface area (Å²) in [5.74, 6) is -1.10. The predicted octanol–water partition coefficient (Wildman–Crippen LogP) is 1.69. The zero-order chi connectivity index (χ0) is 14.5. The van der Waals surface area contributed by atoms with Gasteiger partial charge in [0.2, 0.25) is 10.0 Å². The highest BCUT2D eigenvalue weighted by Crippen LogP contribution is 2.11. The second-order valence-corrected chi connectivity index (χ2v) is 5.86. The molecule has 1 unspecified atom stereocenters. The topological polar surface area (TPSA) is 83.5 Å². The Kier molecular flexibility index (Phi) is 5.26. The summed E-state index contributed by atoms with van der Waals surface area (Å²) in [4.78, 5) is 10.6. The van der Waals surface area contributed by atoms with Crippen molar-refractivity contribution >= 4 is 16.0 Å². The maximum absolute atomic E-state index is 12.1. The lowest BCUT2D eigenvalue weighted by atomic mass is 10.2. The van der Waals surface area contributed by atoms with E-state index in [4.69, 9.17) is 5.11 Å². The van der Waals surface area contributed by atoms with Crippen molar-refractivity contribution in [2.24, 2.45) is 0 Å². The number of hydrogen-bond donors (Lipinski definition) is 2. The van der Waals surface area contributed by atoms with Crippen LogP contribution in [0.3, 0.4) is 0 Å². The molecular formula is C13H17NO4S. The Morgan fingerprint density at radius 3 is 2.42 bits per heavy atom. The van der Waals surface area contributed by atoms with Crippen molar-refractivity contribution in [2.75, 3.05) is 0 Å². The minimum Gasteiger partial charge on any atom is -0.478 e. The highest BCUT2D eigenvalue weighted by atomic mass is 32.2. The van der Waals surface area contributed by atoms with Gasteiger partial charge in [0.05, 0.1) is 4.90 Å². The number of hydrogen-bond acceptors (Lipinski definition) is 3. The van der Waals surface area contributed by atoms with Gasteiger partial charge >= 0.3 is 5.97 Å². The second-order valence-electron chi connectivity index (χ2n) is 4.15. The number of sulfonamides is 1. The van der Waals surface area contributed by atoms with Gasteiger partial charge in [0.1, 0.15) is 0 Å². The zero-order valence-corrected chi connectivity index (χ0v) is 11.6. The van der Waals surface area contributed by atoms with E-state index in [1.807, 2.05) is 6.92 Å². The molecule has 2 N–H and O–H groups in total. The number of aliphatic carboxylic acids is 1. The van der Waals surface area contributed by atoms with Crippen molar-refractivity contribution in [3.05, 3.63) is 42.0 Å². The Hall–Kier alpha value is -1.66. The molecule has 1 atom stereocenters. The van der Waals surface area contributed by atoms with Crippen LogP contribution in [0.25, 0.3) is 0 Å². The molecule has 0 bridgehead atoms. The van der Waals surface area contributed by atoms with Crippen LogP contribution in [0.4, 0.5) is 0 Å². The van der Waals surface area contributed by atoms with Crippen molar-refractivity contribution in [3.8, 4) is 0 Å². The van der Waals surface area contributed by atoms with E-state index in [0.717, 1.165) is 11.6 Å². The smallest absolute Gasteiger partial charge is 0.328 e. The minimum absolute atomic E-state index is 0.167. The van der Waals surface area contributed by atoms with Gasteiger partial charge in [-0.05, 0) is 25.5 Å². The SMILES string of the molecule is CCC(/C=C/C(=O)O)NS(=O)(=O)c1ccc(C)cc1. The first-order valence-corrected chi connectivity index (χ1v) is 7.33. The Bertz CT molecular complexity index is 561. The first-order valence-electron chi connectivity index (χ1n) is 5.85. The van der Waals surface area contributed by atoms with Crippen LogP contribution in [0.15, 0.2) is 41.3 Å². The van der Waals surface area contributed by atoms with Crippen LogP contribution in [-0.4, -0.2) is 25.5 Å². The highest BCUT2D eigenvalue weighted by molar-refractivity contribution is 7.89. The number of carboxylic acids is 1. The lowest BCUT2D eigenvalue weighted by Crippen LogP contribution is -2.33. The van der Waals surface area contributed by atoms with Crippen molar-refractivity contribution in [3.63, 3.8) is 0 Å². The summed E-state index contributed by atoms with van der Waals surface area (Å²) in [6.45, 7) is 3.64. The molecule has 0 aromatic heterocycles. The summed E-state index contributed by atoms with van der Waals surface area (Å²) in [6, 6.07) is 5.92. The van der Waals surface area contributed by atoms with E-state index in [9.17, 15) is 13.2 Å². The third kappa shape index (κ3) is 4.84. The predicted molar refractivity (Wildman–Crippen MR) is 72.4 cm³/mol. The normalized spacial score (nSPS) is 13.6. The molecule has 19 heavy (non-hydrogen) atoms. The van der Waals surface area contributed by atoms with Gasteiger partial charge in [-0.3, -0.25) is 0 Å². The maximum Gasteiger partial charge on any atom is 0.328 e. The van der Waals surface area contributed by atoms with Crippen LogP contribution < -0.4 is 4.72 Å². The molecule has 6 heteroatoms. The number of rotatable bonds is 6. The Balaban J connectivity index is 2.89. The molecule has 0 fully saturated rings. The molecule has 0 aliphatic rings. The summed E-state index contributed by atoms with van der Waals surface area (Å²) >= 11 is 0. The Morgan fingerprint density at radius 1 is 1.37 bits per heavy atom. The van der Waals surface area contributed by atoms with Gasteiger partial charge in [0, 0.05) is 12.1 Å². The summed E-state index contributed by atoms with van der Waals surface area (Å²) in [7, 11) is -3.63. The van der Waals surface area contributed by atoms with Gasteiger partial charge in [0.25, 0.3) is 0 Å². The van der Waals surface area contributed by atoms with Crippen LogP contribution >= 0.6 is 0 Å². The monoisotopic (exact) mass is 283 g/mol. The van der Waals surface area contributed by atoms with Crippen LogP contribution in [0.1, 0.15) is 18.9 Å². The molecule has 0 aliphatic heterocycles. The molecule has 0 saturated carbocycles. The molecule has 0 saturated heterocycles. The molecular weight excluding hydrogens is 266 g/mol. The molecule has 0 heterocycles. The quantitative estimate of drug-likeness (QED) is 0.778. The van der Waals surface area contributed by atoms with Gasteiger partial charge < -0.3 is 5.11 Å². The van der Waals surface area contributed by atoms with Gasteiger partial charge in [-0.25, -0.2) is 17.9 Å². The lowest BCUT2D eigenvalue weighted by molar-refractivity contribution is -0.131. The van der Waals surface area contributed by atoms with Crippen molar-refractivity contribution in [2.45, 2.75) is 31.2 Å². The Labute approximate surface area is 113 Å². The Morgan fingerprint density at radius 2 is 1.95 bits per heavy atom. The number of nitrogens with one attached hydrogen (secondary N) is 1. The molecule has 1 rings (SSSR count). The average Bonchev–Trinajstić information content (AvgIpc) is 2.34. The van der Waals surface area contributed by atoms with E-state index < -0.39 is 22.0 Å². The molecule has 0 aliphatic carbocycles. The van der Waals surface area contributed by atoms with E-state index >= 15 is 0 Å². The van der Waals surface area contributed by atoms with Crippen molar-refractivity contribution in [1.82, 2.24) is 4.72 Å². The van der Waals surface area contributed by atoms with Crippen LogP contribution in [0, 0.1) is 6.92 Å². The number of carbonyl (C=O) groups is 1. The number of carboxylic acid groups (broad SMARTS) is 1. The second kappa shape index (κ2) is 6.49. The van der Waals surface area contributed by atoms with E-state index in [2.05, 4.69) is 4.72 Å². The fourth-order valence-corrected chi connectivity index (χ4v) is 2.72. The minimum atomic E-state index is -3.63. The first kappa shape index (κ1) is 15.4. The molecule has 0 amide bonds. The van der Waals surface area contributed by atoms with Crippen molar-refractivity contribution < 1.29 is 18.3 Å². The summed E-state index contributed by atoms with van der Waals surface area (Å²) < 4.78 is 26.6. The molecule has 5 nitrogen and oxygen atoms in total. The first-order chi connectivity index (χ1) is 8.85. The summed E-state index contributed by atoms with van der Waals surface area (Å²) in [5.41, 5.74) is 0.969. The highest BCUT2D eigenvalue weighted by Gasteiger charge is 2.17. The maximum atomic E-state index is 12.1. The van der Waals surface area contributed by atoms with Crippen LogP contribution in [0.2, 0.25) is 0 Å². The number of benzene rings is 1. The summed E-state index contributed by atoms with van der Waals surface area (Å²) in [6.07, 6.45) is 2.73. The van der Waals surface area contributed by atoms with Gasteiger partial charge in [-0.2, -0.15) is 0 Å². The molecule has 1 aromatic rings. The fraction of sp³-hybridized carbons (Fsp3) is 0.308. The summed E-state index contributed by atoms with van der Waals surface area (Å²) in [5, 5.41) is 8.54. The van der Waals surface area contributed by atoms with Crippen LogP contribution in [0.5, 0.6) is 0 Å². The molecule has 1 aromatic carbocycles. The van der Waals surface area contributed by atoms with Gasteiger partial charge in [-0.15, -0.1) is 0 Å². The lowest BCUT2D eigenvalue weighted by Gasteiger charge is -2.13. The number of aryl methyl sites for hydroxylation is 1. The molecule has 0 spiro atoms. The molecule has 104 valence electrons. The van der Waals surface area contributed by atoms with E-state index in [1.165, 1.54) is 18.2 Å². The fourth-order valence-electron chi connectivity index (χ4n) is 1.44. The van der Waals surface area contributed by atoms with Gasteiger partial charge in [0.15, 0.2) is 0 Å². The van der Waals surface area contributed by atoms with Crippen molar-refractivity contribution in [1.29, 1.82) is 0 Å². The van der Waals surface area contributed by atoms with E-state index in [-0.39, 0.29) is 4.90 Å².